The molecule has 0 unspecified atom stereocenters. The number of hydrogen-bond donors (Lipinski definition) is 6. The Morgan fingerprint density at radius 1 is 1.12 bits per heavy atom. The van der Waals surface area contributed by atoms with Crippen LogP contribution in [0.25, 0.3) is 0 Å². The molecular weight excluding hydrogens is 230 g/mol. The summed E-state index contributed by atoms with van der Waals surface area (Å²) in [4.78, 5) is 0. The lowest BCUT2D eigenvalue weighted by molar-refractivity contribution is -0.277. The fourth-order valence-electron chi connectivity index (χ4n) is 2.61. The lowest BCUT2D eigenvalue weighted by Crippen LogP contribution is -2.61. The smallest absolute Gasteiger partial charge is 0.162 e. The van der Waals surface area contributed by atoms with Crippen molar-refractivity contribution in [1.29, 1.82) is 0 Å². The maximum Gasteiger partial charge on any atom is 0.162 e. The van der Waals surface area contributed by atoms with Crippen molar-refractivity contribution < 1.29 is 30.3 Å². The first-order valence-electron chi connectivity index (χ1n) is 5.78. The maximum absolute atomic E-state index is 9.94. The minimum absolute atomic E-state index is 0.483. The second-order valence-electron chi connectivity index (χ2n) is 4.64. The topological polar surface area (TPSA) is 122 Å². The van der Waals surface area contributed by atoms with Gasteiger partial charge in [0.2, 0.25) is 0 Å². The molecule has 100 valence electrons. The van der Waals surface area contributed by atoms with E-state index in [4.69, 9.17) is 9.84 Å². The third kappa shape index (κ3) is 2.32. The van der Waals surface area contributed by atoms with Gasteiger partial charge in [-0.15, -0.1) is 0 Å². The highest BCUT2D eigenvalue weighted by molar-refractivity contribution is 4.98. The SMILES string of the molecule is OC[C@H]1O[C@H](O)[C@H]([C@H]2NCC[C@@H]2O)[C@@H](O)[C@@H]1O. The Balaban J connectivity index is 2.11. The first-order valence-corrected chi connectivity index (χ1v) is 5.78. The molecule has 2 heterocycles. The summed E-state index contributed by atoms with van der Waals surface area (Å²) in [6.45, 7) is 0.101. The second-order valence-corrected chi connectivity index (χ2v) is 4.64. The zero-order chi connectivity index (χ0) is 12.6. The molecule has 2 rings (SSSR count). The number of rotatable bonds is 2. The fourth-order valence-corrected chi connectivity index (χ4v) is 2.61. The van der Waals surface area contributed by atoms with E-state index in [9.17, 15) is 20.4 Å². The summed E-state index contributed by atoms with van der Waals surface area (Å²) in [5.41, 5.74) is 0. The van der Waals surface area contributed by atoms with Crippen molar-refractivity contribution in [3.8, 4) is 0 Å². The maximum atomic E-state index is 9.94. The lowest BCUT2D eigenvalue weighted by Gasteiger charge is -2.43. The first kappa shape index (κ1) is 13.2. The van der Waals surface area contributed by atoms with Gasteiger partial charge in [0.1, 0.15) is 12.2 Å². The molecule has 0 aromatic carbocycles. The van der Waals surface area contributed by atoms with Gasteiger partial charge in [-0.3, -0.25) is 0 Å². The molecule has 6 N–H and O–H groups in total. The van der Waals surface area contributed by atoms with Gasteiger partial charge in [0.15, 0.2) is 6.29 Å². The Bertz CT molecular complexity index is 265. The molecule has 0 aromatic rings. The molecule has 7 nitrogen and oxygen atoms in total. The standard InChI is InChI=1S/C10H19NO6/c12-3-5-8(14)9(15)6(10(16)17-5)7-4(13)1-2-11-7/h4-16H,1-3H2/t4-,5+,6+,7-,8+,9+,10-/m0/s1. The van der Waals surface area contributed by atoms with Gasteiger partial charge in [0.05, 0.1) is 24.7 Å². The Labute approximate surface area is 98.6 Å². The lowest BCUT2D eigenvalue weighted by atomic mass is 9.84. The zero-order valence-corrected chi connectivity index (χ0v) is 9.31. The number of hydrogen-bond acceptors (Lipinski definition) is 7. The molecule has 0 amide bonds. The first-order chi connectivity index (χ1) is 8.06. The molecular formula is C10H19NO6. The van der Waals surface area contributed by atoms with Crippen LogP contribution in [-0.4, -0.2) is 75.4 Å². The van der Waals surface area contributed by atoms with E-state index in [0.29, 0.717) is 13.0 Å². The summed E-state index contributed by atoms with van der Waals surface area (Å²) in [5, 5.41) is 51.0. The molecule has 0 spiro atoms. The van der Waals surface area contributed by atoms with Crippen molar-refractivity contribution >= 4 is 0 Å². The van der Waals surface area contributed by atoms with Gasteiger partial charge in [-0.05, 0) is 13.0 Å². The molecule has 17 heavy (non-hydrogen) atoms. The molecule has 0 bridgehead atoms. The average Bonchev–Trinajstić information content (AvgIpc) is 2.70. The van der Waals surface area contributed by atoms with Crippen LogP contribution in [0.5, 0.6) is 0 Å². The largest absolute Gasteiger partial charge is 0.394 e. The Morgan fingerprint density at radius 2 is 1.82 bits per heavy atom. The van der Waals surface area contributed by atoms with Crippen molar-refractivity contribution in [1.82, 2.24) is 5.32 Å². The van der Waals surface area contributed by atoms with Gasteiger partial charge in [-0.1, -0.05) is 0 Å². The van der Waals surface area contributed by atoms with Crippen molar-refractivity contribution in [2.75, 3.05) is 13.2 Å². The summed E-state index contributed by atoms with van der Waals surface area (Å²) >= 11 is 0. The molecule has 2 aliphatic rings. The van der Waals surface area contributed by atoms with E-state index in [1.54, 1.807) is 0 Å². The van der Waals surface area contributed by atoms with E-state index >= 15 is 0 Å². The highest BCUT2D eigenvalue weighted by atomic mass is 16.6. The van der Waals surface area contributed by atoms with Crippen LogP contribution in [0.15, 0.2) is 0 Å². The fraction of sp³-hybridized carbons (Fsp3) is 1.00. The Kier molecular flexibility index (Phi) is 3.99. The molecule has 2 aliphatic heterocycles. The van der Waals surface area contributed by atoms with E-state index in [1.807, 2.05) is 0 Å². The van der Waals surface area contributed by atoms with E-state index < -0.39 is 49.3 Å². The van der Waals surface area contributed by atoms with Crippen molar-refractivity contribution in [2.45, 2.75) is 43.2 Å². The monoisotopic (exact) mass is 249 g/mol. The summed E-state index contributed by atoms with van der Waals surface area (Å²) < 4.78 is 5.04. The number of aliphatic hydroxyl groups excluding tert-OH is 5. The van der Waals surface area contributed by atoms with Crippen LogP contribution in [0.3, 0.4) is 0 Å². The summed E-state index contributed by atoms with van der Waals surface area (Å²) in [6, 6.07) is -0.519. The highest BCUT2D eigenvalue weighted by Gasteiger charge is 2.49. The number of aliphatic hydroxyl groups is 5. The predicted molar refractivity (Wildman–Crippen MR) is 55.9 cm³/mol. The zero-order valence-electron chi connectivity index (χ0n) is 9.31. The third-order valence-corrected chi connectivity index (χ3v) is 3.60. The van der Waals surface area contributed by atoms with E-state index in [-0.39, 0.29) is 0 Å². The quantitative estimate of drug-likeness (QED) is 0.304. The van der Waals surface area contributed by atoms with Crippen LogP contribution in [0, 0.1) is 5.92 Å². The summed E-state index contributed by atoms with van der Waals surface area (Å²) in [5.74, 6) is -0.815. The molecule has 0 aromatic heterocycles. The van der Waals surface area contributed by atoms with Crippen LogP contribution < -0.4 is 5.32 Å². The van der Waals surface area contributed by atoms with Crippen molar-refractivity contribution in [3.63, 3.8) is 0 Å². The molecule has 0 saturated carbocycles. The van der Waals surface area contributed by atoms with Gasteiger partial charge in [0, 0.05) is 6.04 Å². The highest BCUT2D eigenvalue weighted by Crippen LogP contribution is 2.30. The molecule has 7 atom stereocenters. The van der Waals surface area contributed by atoms with Crippen LogP contribution in [0.2, 0.25) is 0 Å². The van der Waals surface area contributed by atoms with Gasteiger partial charge in [-0.2, -0.15) is 0 Å². The van der Waals surface area contributed by atoms with Crippen molar-refractivity contribution in [2.24, 2.45) is 5.92 Å². The molecule has 2 saturated heterocycles. The molecule has 2 fully saturated rings. The minimum atomic E-state index is -1.32. The van der Waals surface area contributed by atoms with Gasteiger partial charge in [0.25, 0.3) is 0 Å². The van der Waals surface area contributed by atoms with Crippen LogP contribution >= 0.6 is 0 Å². The van der Waals surface area contributed by atoms with E-state index in [2.05, 4.69) is 5.32 Å². The average molecular weight is 249 g/mol. The molecule has 7 heteroatoms. The van der Waals surface area contributed by atoms with Crippen LogP contribution in [0.1, 0.15) is 6.42 Å². The van der Waals surface area contributed by atoms with E-state index in [0.717, 1.165) is 0 Å². The number of ether oxygens (including phenoxy) is 1. The van der Waals surface area contributed by atoms with Gasteiger partial charge < -0.3 is 35.6 Å². The summed E-state index contributed by atoms with van der Waals surface area (Å²) in [7, 11) is 0. The predicted octanol–water partition coefficient (Wildman–Crippen LogP) is -3.24. The number of nitrogens with one attached hydrogen (secondary N) is 1. The Hall–Kier alpha value is -0.280. The molecule has 0 aliphatic carbocycles. The molecule has 0 radical (unpaired) electrons. The Morgan fingerprint density at radius 3 is 2.35 bits per heavy atom. The van der Waals surface area contributed by atoms with Crippen LogP contribution in [-0.2, 0) is 4.74 Å². The summed E-state index contributed by atoms with van der Waals surface area (Å²) in [6.07, 6.45) is -5.01. The van der Waals surface area contributed by atoms with Crippen molar-refractivity contribution in [3.05, 3.63) is 0 Å². The third-order valence-electron chi connectivity index (χ3n) is 3.60. The normalized spacial score (nSPS) is 51.7. The van der Waals surface area contributed by atoms with Gasteiger partial charge >= 0.3 is 0 Å². The minimum Gasteiger partial charge on any atom is -0.394 e. The van der Waals surface area contributed by atoms with Gasteiger partial charge in [-0.25, -0.2) is 0 Å². The van der Waals surface area contributed by atoms with Crippen LogP contribution in [0.4, 0.5) is 0 Å². The second kappa shape index (κ2) is 5.15. The van der Waals surface area contributed by atoms with E-state index in [1.165, 1.54) is 0 Å².